The van der Waals surface area contributed by atoms with Gasteiger partial charge < -0.3 is 24.4 Å². The Morgan fingerprint density at radius 3 is 2.62 bits per heavy atom. The molecule has 6 rings (SSSR count). The van der Waals surface area contributed by atoms with E-state index in [1.54, 1.807) is 13.2 Å². The van der Waals surface area contributed by atoms with E-state index in [9.17, 15) is 15.0 Å². The number of carbonyl (C=O) groups is 1. The van der Waals surface area contributed by atoms with Crippen molar-refractivity contribution in [1.82, 2.24) is 0 Å². The molecule has 0 fully saturated rings. The fourth-order valence-electron chi connectivity index (χ4n) is 6.44. The number of ether oxygens (including phenoxy) is 3. The molecule has 6 heteroatoms. The number of phenols is 1. The molecule has 6 bridgehead atoms. The lowest BCUT2D eigenvalue weighted by atomic mass is 9.90. The molecule has 0 saturated heterocycles. The Balaban J connectivity index is 1.32. The molecule has 0 amide bonds. The first-order valence-corrected chi connectivity index (χ1v) is 16.9. The second-order valence-corrected chi connectivity index (χ2v) is 12.5. The second-order valence-electron chi connectivity index (χ2n) is 12.5. The molecular formula is C41H46O6. The largest absolute Gasteiger partial charge is 0.508 e. The Kier molecular flexibility index (Phi) is 12.6. The first-order valence-electron chi connectivity index (χ1n) is 16.9. The summed E-state index contributed by atoms with van der Waals surface area (Å²) in [6, 6.07) is 26.0. The van der Waals surface area contributed by atoms with E-state index < -0.39 is 0 Å². The van der Waals surface area contributed by atoms with Gasteiger partial charge in [0.2, 0.25) is 0 Å². The van der Waals surface area contributed by atoms with E-state index in [2.05, 4.69) is 42.4 Å². The van der Waals surface area contributed by atoms with Crippen molar-refractivity contribution in [2.75, 3.05) is 13.7 Å². The molecule has 2 N–H and O–H groups in total. The van der Waals surface area contributed by atoms with Crippen molar-refractivity contribution in [2.45, 2.75) is 83.3 Å². The van der Waals surface area contributed by atoms with Crippen LogP contribution in [0.5, 0.6) is 17.2 Å². The lowest BCUT2D eigenvalue weighted by Crippen LogP contribution is -2.21. The lowest BCUT2D eigenvalue weighted by Gasteiger charge is -2.22. The fourth-order valence-corrected chi connectivity index (χ4v) is 6.44. The minimum Gasteiger partial charge on any atom is -0.508 e. The third kappa shape index (κ3) is 10.0. The number of aryl methyl sites for hydroxylation is 2. The highest BCUT2D eigenvalue weighted by Gasteiger charge is 2.21. The third-order valence-electron chi connectivity index (χ3n) is 9.06. The molecule has 2 heterocycles. The van der Waals surface area contributed by atoms with Crippen molar-refractivity contribution in [2.24, 2.45) is 5.92 Å². The van der Waals surface area contributed by atoms with Gasteiger partial charge in [-0.2, -0.15) is 0 Å². The number of aliphatic hydroxyl groups is 1. The van der Waals surface area contributed by atoms with Gasteiger partial charge in [0.25, 0.3) is 0 Å². The average molecular weight is 635 g/mol. The van der Waals surface area contributed by atoms with E-state index in [-0.39, 0.29) is 36.6 Å². The monoisotopic (exact) mass is 634 g/mol. The van der Waals surface area contributed by atoms with Crippen LogP contribution in [-0.4, -0.2) is 35.8 Å². The quantitative estimate of drug-likeness (QED) is 0.128. The van der Waals surface area contributed by atoms with Crippen molar-refractivity contribution in [1.29, 1.82) is 0 Å². The normalized spacial score (nSPS) is 15.9. The molecule has 246 valence electrons. The number of aliphatic hydroxyl groups excluding tert-OH is 1. The second kappa shape index (κ2) is 17.4. The van der Waals surface area contributed by atoms with Crippen LogP contribution in [0.2, 0.25) is 0 Å². The van der Waals surface area contributed by atoms with Crippen LogP contribution >= 0.6 is 0 Å². The number of phenolic OH excluding ortho intramolecular Hbond substituents is 1. The Morgan fingerprint density at radius 2 is 1.79 bits per heavy atom. The highest BCUT2D eigenvalue weighted by atomic mass is 16.5. The zero-order chi connectivity index (χ0) is 32.8. The maximum absolute atomic E-state index is 13.3. The Bertz CT molecular complexity index is 1670. The van der Waals surface area contributed by atoms with Gasteiger partial charge in [-0.05, 0) is 89.8 Å². The standard InChI is InChI=1S/C41H46O6/c1-45-40-21-16-32-14-18-35(43)28-36(26-31(22-23-42)12-7-3-6-11-30-9-4-2-5-10-30)46-24-8-13-38-37-19-15-33(29-47-41(40)27-32)25-34(37)17-20-39(38)44/h2,4-5,9-10,15-17,19-21,25,27,31,36,42,44H,3,6-7,11-14,18,22-23,26,28-29H2,1H3/t31-,36-/m0/s1. The van der Waals surface area contributed by atoms with Gasteiger partial charge in [0.15, 0.2) is 11.5 Å². The molecule has 6 nitrogen and oxygen atoms in total. The lowest BCUT2D eigenvalue weighted by molar-refractivity contribution is -0.121. The summed E-state index contributed by atoms with van der Waals surface area (Å²) in [5.74, 6) is 4.89. The molecule has 2 aliphatic heterocycles. The van der Waals surface area contributed by atoms with Crippen LogP contribution < -0.4 is 9.47 Å². The third-order valence-corrected chi connectivity index (χ3v) is 9.06. The molecule has 0 aromatic heterocycles. The highest BCUT2D eigenvalue weighted by Crippen LogP contribution is 2.32. The number of hydrogen-bond acceptors (Lipinski definition) is 6. The number of carbonyl (C=O) groups excluding carboxylic acids is 1. The van der Waals surface area contributed by atoms with Crippen molar-refractivity contribution < 1.29 is 29.2 Å². The van der Waals surface area contributed by atoms with Crippen LogP contribution in [0.15, 0.2) is 78.9 Å². The zero-order valence-electron chi connectivity index (χ0n) is 27.4. The number of aromatic hydroxyl groups is 1. The molecule has 4 aromatic carbocycles. The van der Waals surface area contributed by atoms with Crippen molar-refractivity contribution >= 4 is 16.6 Å². The number of unbranched alkanes of at least 4 members (excludes halogenated alkanes) is 2. The minimum atomic E-state index is -0.378. The molecule has 4 aromatic rings. The molecule has 0 saturated carbocycles. The molecule has 2 atom stereocenters. The van der Waals surface area contributed by atoms with Gasteiger partial charge in [0, 0.05) is 31.4 Å². The summed E-state index contributed by atoms with van der Waals surface area (Å²) in [7, 11) is 1.62. The summed E-state index contributed by atoms with van der Waals surface area (Å²) in [6.07, 6.45) is 10.7. The molecule has 0 radical (unpaired) electrons. The summed E-state index contributed by atoms with van der Waals surface area (Å²) in [4.78, 5) is 13.3. The van der Waals surface area contributed by atoms with Crippen LogP contribution in [0.25, 0.3) is 10.8 Å². The number of rotatable bonds is 11. The number of hydrogen-bond donors (Lipinski definition) is 2. The van der Waals surface area contributed by atoms with E-state index in [1.165, 1.54) is 5.56 Å². The Labute approximate surface area is 278 Å². The Morgan fingerprint density at radius 1 is 0.936 bits per heavy atom. The molecule has 2 aliphatic rings. The number of fused-ring (bicyclic) bond motifs is 9. The van der Waals surface area contributed by atoms with Gasteiger partial charge in [-0.15, -0.1) is 0 Å². The molecule has 0 unspecified atom stereocenters. The first kappa shape index (κ1) is 33.9. The Hall–Kier alpha value is -4.47. The van der Waals surface area contributed by atoms with Gasteiger partial charge in [0.05, 0.1) is 7.11 Å². The van der Waals surface area contributed by atoms with E-state index in [0.717, 1.165) is 59.6 Å². The fraction of sp³-hybridized carbons (Fsp3) is 0.390. The molecular weight excluding hydrogens is 588 g/mol. The molecule has 0 aliphatic carbocycles. The average Bonchev–Trinajstić information content (AvgIpc) is 3.09. The smallest absolute Gasteiger partial charge is 0.161 e. The van der Waals surface area contributed by atoms with Crippen LogP contribution in [0.1, 0.15) is 73.6 Å². The minimum absolute atomic E-state index is 0.102. The highest BCUT2D eigenvalue weighted by molar-refractivity contribution is 5.88. The van der Waals surface area contributed by atoms with E-state index >= 15 is 0 Å². The summed E-state index contributed by atoms with van der Waals surface area (Å²) in [5, 5.41) is 22.5. The van der Waals surface area contributed by atoms with Gasteiger partial charge in [-0.3, -0.25) is 4.79 Å². The first-order chi connectivity index (χ1) is 23.0. The summed E-state index contributed by atoms with van der Waals surface area (Å²) in [6.45, 7) is 0.452. The number of Topliss-reactive ketones (excluding diaryl/α,β-unsaturated/α-hetero) is 1. The number of methoxy groups -OCH3 is 1. The topological polar surface area (TPSA) is 85.2 Å². The summed E-state index contributed by atoms with van der Waals surface area (Å²) < 4.78 is 17.9. The maximum Gasteiger partial charge on any atom is 0.161 e. The molecule has 0 spiro atoms. The summed E-state index contributed by atoms with van der Waals surface area (Å²) in [5.41, 5.74) is 4.08. The van der Waals surface area contributed by atoms with E-state index in [1.807, 2.05) is 42.5 Å². The maximum atomic E-state index is 13.3. The van der Waals surface area contributed by atoms with Crippen LogP contribution in [0.3, 0.4) is 0 Å². The van der Waals surface area contributed by atoms with Gasteiger partial charge in [0.1, 0.15) is 30.4 Å². The predicted octanol–water partition coefficient (Wildman–Crippen LogP) is 8.12. The van der Waals surface area contributed by atoms with Gasteiger partial charge in [-0.25, -0.2) is 0 Å². The van der Waals surface area contributed by atoms with Crippen LogP contribution in [0, 0.1) is 17.9 Å². The van der Waals surface area contributed by atoms with Crippen molar-refractivity contribution in [3.05, 3.63) is 101 Å². The van der Waals surface area contributed by atoms with Crippen molar-refractivity contribution in [3.8, 4) is 29.3 Å². The van der Waals surface area contributed by atoms with Gasteiger partial charge in [-0.1, -0.05) is 79.8 Å². The number of ketones is 1. The predicted molar refractivity (Wildman–Crippen MR) is 186 cm³/mol. The zero-order valence-corrected chi connectivity index (χ0v) is 27.4. The van der Waals surface area contributed by atoms with E-state index in [4.69, 9.17) is 14.2 Å². The van der Waals surface area contributed by atoms with E-state index in [0.29, 0.717) is 50.2 Å². The summed E-state index contributed by atoms with van der Waals surface area (Å²) >= 11 is 0. The van der Waals surface area contributed by atoms with Gasteiger partial charge >= 0.3 is 0 Å². The SMILES string of the molecule is COc1ccc2cc1OCc1ccc3c(c(O)ccc3c1)CC#CO[C@@H](C[C@H](CCO)CCCCCc1ccccc1)CC(=O)CC2. The molecule has 47 heavy (non-hydrogen) atoms. The van der Waals surface area contributed by atoms with Crippen LogP contribution in [0.4, 0.5) is 0 Å². The van der Waals surface area contributed by atoms with Crippen molar-refractivity contribution in [3.63, 3.8) is 0 Å². The number of benzene rings is 4. The van der Waals surface area contributed by atoms with Crippen LogP contribution in [-0.2, 0) is 35.4 Å².